The van der Waals surface area contributed by atoms with Gasteiger partial charge in [0.25, 0.3) is 11.6 Å². The maximum absolute atomic E-state index is 11.6. The summed E-state index contributed by atoms with van der Waals surface area (Å²) in [6.07, 6.45) is 4.95. The van der Waals surface area contributed by atoms with Crippen molar-refractivity contribution in [2.24, 2.45) is 0 Å². The fourth-order valence-corrected chi connectivity index (χ4v) is 1.35. The summed E-state index contributed by atoms with van der Waals surface area (Å²) in [5, 5.41) is 13.1. The number of amides is 1. The minimum atomic E-state index is -0.816. The Morgan fingerprint density at radius 1 is 1.50 bits per heavy atom. The number of aryl methyl sites for hydroxylation is 1. The average molecular weight is 276 g/mol. The van der Waals surface area contributed by atoms with Crippen molar-refractivity contribution in [1.29, 1.82) is 0 Å². The highest BCUT2D eigenvalue weighted by molar-refractivity contribution is 5.92. The molecule has 1 amide bonds. The summed E-state index contributed by atoms with van der Waals surface area (Å²) in [7, 11) is 0. The first-order valence-electron chi connectivity index (χ1n) is 5.58. The van der Waals surface area contributed by atoms with Crippen LogP contribution in [0.2, 0.25) is 0 Å². The lowest BCUT2D eigenvalue weighted by Gasteiger charge is -2.05. The molecule has 0 unspecified atom stereocenters. The molecule has 0 spiro atoms. The average Bonchev–Trinajstić information content (AvgIpc) is 2.42. The van der Waals surface area contributed by atoms with Gasteiger partial charge >= 0.3 is 5.97 Å². The second-order valence-electron chi connectivity index (χ2n) is 3.82. The third kappa shape index (κ3) is 4.10. The highest BCUT2D eigenvalue weighted by Crippen LogP contribution is 2.19. The maximum Gasteiger partial charge on any atom is 0.338 e. The van der Waals surface area contributed by atoms with Crippen LogP contribution in [0.1, 0.15) is 15.9 Å². The van der Waals surface area contributed by atoms with Crippen LogP contribution in [0.25, 0.3) is 0 Å². The van der Waals surface area contributed by atoms with E-state index in [4.69, 9.17) is 11.2 Å². The summed E-state index contributed by atoms with van der Waals surface area (Å²) in [6.45, 7) is 1.09. The summed E-state index contributed by atoms with van der Waals surface area (Å²) < 4.78 is 4.72. The highest BCUT2D eigenvalue weighted by atomic mass is 16.6. The number of rotatable bonds is 5. The lowest BCUT2D eigenvalue weighted by molar-refractivity contribution is -0.385. The number of esters is 1. The third-order valence-electron chi connectivity index (χ3n) is 2.36. The fraction of sp³-hybridized carbons (Fsp3) is 0.231. The molecule has 0 saturated carbocycles. The zero-order chi connectivity index (χ0) is 15.1. The van der Waals surface area contributed by atoms with Gasteiger partial charge in [0.15, 0.2) is 6.61 Å². The van der Waals surface area contributed by atoms with Crippen LogP contribution in [0.3, 0.4) is 0 Å². The molecule has 0 atom stereocenters. The second kappa shape index (κ2) is 6.89. The highest BCUT2D eigenvalue weighted by Gasteiger charge is 2.16. The molecule has 20 heavy (non-hydrogen) atoms. The summed E-state index contributed by atoms with van der Waals surface area (Å²) in [6, 6.07) is 3.94. The Bertz CT molecular complexity index is 589. The van der Waals surface area contributed by atoms with E-state index in [0.717, 1.165) is 6.07 Å². The quantitative estimate of drug-likeness (QED) is 0.371. The molecular weight excluding hydrogens is 264 g/mol. The molecule has 0 bridgehead atoms. The first-order valence-corrected chi connectivity index (χ1v) is 5.58. The number of benzene rings is 1. The molecule has 0 aliphatic rings. The third-order valence-corrected chi connectivity index (χ3v) is 2.36. The van der Waals surface area contributed by atoms with Crippen molar-refractivity contribution in [3.05, 3.63) is 39.4 Å². The van der Waals surface area contributed by atoms with Crippen LogP contribution >= 0.6 is 0 Å². The summed E-state index contributed by atoms with van der Waals surface area (Å²) in [5.41, 5.74) is 0.251. The Balaban J connectivity index is 2.69. The molecule has 1 aromatic carbocycles. The lowest BCUT2D eigenvalue weighted by atomic mass is 10.1. The summed E-state index contributed by atoms with van der Waals surface area (Å²) in [4.78, 5) is 33.0. The Kier molecular flexibility index (Phi) is 5.23. The van der Waals surface area contributed by atoms with Gasteiger partial charge in [0.05, 0.1) is 17.0 Å². The number of nitrogens with one attached hydrogen (secondary N) is 1. The molecule has 1 rings (SSSR count). The Hall–Kier alpha value is -2.88. The van der Waals surface area contributed by atoms with Crippen molar-refractivity contribution < 1.29 is 19.2 Å². The molecule has 7 heteroatoms. The molecule has 0 radical (unpaired) electrons. The zero-order valence-electron chi connectivity index (χ0n) is 10.7. The molecule has 0 heterocycles. The van der Waals surface area contributed by atoms with Crippen LogP contribution in [-0.4, -0.2) is 30.0 Å². The molecule has 1 aromatic rings. The number of nitro benzene ring substituents is 1. The number of nitro groups is 1. The van der Waals surface area contributed by atoms with Crippen LogP contribution in [0.4, 0.5) is 5.69 Å². The molecule has 0 aliphatic carbocycles. The predicted octanol–water partition coefficient (Wildman–Crippen LogP) is 0.809. The van der Waals surface area contributed by atoms with E-state index in [9.17, 15) is 19.7 Å². The SMILES string of the molecule is C#CCNC(=O)COC(=O)c1ccc(C)c([N+](=O)[O-])c1. The van der Waals surface area contributed by atoms with E-state index in [1.165, 1.54) is 12.1 Å². The van der Waals surface area contributed by atoms with Crippen LogP contribution in [0.15, 0.2) is 18.2 Å². The number of carbonyl (C=O) groups excluding carboxylic acids is 2. The maximum atomic E-state index is 11.6. The summed E-state index contributed by atoms with van der Waals surface area (Å²) in [5.74, 6) is 0.837. The lowest BCUT2D eigenvalue weighted by Crippen LogP contribution is -2.29. The molecule has 0 fully saturated rings. The minimum Gasteiger partial charge on any atom is -0.452 e. The number of hydrogen-bond donors (Lipinski definition) is 1. The van der Waals surface area contributed by atoms with Crippen molar-refractivity contribution in [3.63, 3.8) is 0 Å². The van der Waals surface area contributed by atoms with E-state index in [1.807, 2.05) is 0 Å². The first-order chi connectivity index (χ1) is 9.45. The van der Waals surface area contributed by atoms with E-state index in [-0.39, 0.29) is 17.8 Å². The fourth-order valence-electron chi connectivity index (χ4n) is 1.35. The van der Waals surface area contributed by atoms with E-state index >= 15 is 0 Å². The molecule has 0 saturated heterocycles. The van der Waals surface area contributed by atoms with Crippen LogP contribution < -0.4 is 5.32 Å². The summed E-state index contributed by atoms with van der Waals surface area (Å²) >= 11 is 0. The van der Waals surface area contributed by atoms with Crippen molar-refractivity contribution in [3.8, 4) is 12.3 Å². The van der Waals surface area contributed by atoms with Crippen LogP contribution in [0, 0.1) is 29.4 Å². The van der Waals surface area contributed by atoms with Gasteiger partial charge in [0.1, 0.15) is 0 Å². The molecular formula is C13H12N2O5. The smallest absolute Gasteiger partial charge is 0.338 e. The van der Waals surface area contributed by atoms with Gasteiger partial charge in [-0.3, -0.25) is 14.9 Å². The van der Waals surface area contributed by atoms with Gasteiger partial charge in [-0.15, -0.1) is 6.42 Å². The first kappa shape index (κ1) is 15.2. The second-order valence-corrected chi connectivity index (χ2v) is 3.82. The molecule has 104 valence electrons. The van der Waals surface area contributed by atoms with Gasteiger partial charge in [-0.05, 0) is 13.0 Å². The normalized spacial score (nSPS) is 9.40. The van der Waals surface area contributed by atoms with E-state index in [2.05, 4.69) is 11.2 Å². The number of nitrogens with zero attached hydrogens (tertiary/aromatic N) is 1. The molecule has 0 aliphatic heterocycles. The topological polar surface area (TPSA) is 98.5 Å². The van der Waals surface area contributed by atoms with Crippen LogP contribution in [-0.2, 0) is 9.53 Å². The minimum absolute atomic E-state index is 0.00653. The zero-order valence-corrected chi connectivity index (χ0v) is 10.7. The Morgan fingerprint density at radius 2 is 2.20 bits per heavy atom. The Labute approximate surface area is 115 Å². The molecule has 7 nitrogen and oxygen atoms in total. The monoisotopic (exact) mass is 276 g/mol. The number of carbonyl (C=O) groups is 2. The number of hydrogen-bond acceptors (Lipinski definition) is 5. The Morgan fingerprint density at radius 3 is 2.80 bits per heavy atom. The molecule has 1 N–H and O–H groups in total. The van der Waals surface area contributed by atoms with Crippen molar-refractivity contribution in [2.75, 3.05) is 13.2 Å². The van der Waals surface area contributed by atoms with E-state index in [0.29, 0.717) is 5.56 Å². The number of terminal acetylenes is 1. The van der Waals surface area contributed by atoms with Gasteiger partial charge in [0.2, 0.25) is 0 Å². The van der Waals surface area contributed by atoms with Gasteiger partial charge < -0.3 is 10.1 Å². The van der Waals surface area contributed by atoms with Crippen LogP contribution in [0.5, 0.6) is 0 Å². The standard InChI is InChI=1S/C13H12N2O5/c1-3-6-14-12(16)8-20-13(17)10-5-4-9(2)11(7-10)15(18)19/h1,4-5,7H,6,8H2,2H3,(H,14,16). The van der Waals surface area contributed by atoms with Crippen molar-refractivity contribution in [1.82, 2.24) is 5.32 Å². The van der Waals surface area contributed by atoms with Gasteiger partial charge in [0, 0.05) is 11.6 Å². The van der Waals surface area contributed by atoms with Gasteiger partial charge in [-0.2, -0.15) is 0 Å². The van der Waals surface area contributed by atoms with E-state index in [1.54, 1.807) is 6.92 Å². The predicted molar refractivity (Wildman–Crippen MR) is 70.0 cm³/mol. The molecule has 0 aromatic heterocycles. The van der Waals surface area contributed by atoms with Gasteiger partial charge in [-0.1, -0.05) is 12.0 Å². The van der Waals surface area contributed by atoms with Crippen molar-refractivity contribution in [2.45, 2.75) is 6.92 Å². The van der Waals surface area contributed by atoms with Crippen molar-refractivity contribution >= 4 is 17.6 Å². The number of ether oxygens (including phenoxy) is 1. The van der Waals surface area contributed by atoms with Gasteiger partial charge in [-0.25, -0.2) is 4.79 Å². The van der Waals surface area contributed by atoms with E-state index < -0.39 is 23.4 Å². The largest absolute Gasteiger partial charge is 0.452 e.